The first-order valence-corrected chi connectivity index (χ1v) is 9.18. The lowest BCUT2D eigenvalue weighted by atomic mass is 10.2. The van der Waals surface area contributed by atoms with E-state index in [1.807, 2.05) is 24.3 Å². The van der Waals surface area contributed by atoms with Gasteiger partial charge in [-0.2, -0.15) is 4.37 Å². The van der Waals surface area contributed by atoms with E-state index in [1.54, 1.807) is 25.3 Å². The van der Waals surface area contributed by atoms with Crippen LogP contribution in [0.15, 0.2) is 48.8 Å². The van der Waals surface area contributed by atoms with Crippen LogP contribution in [-0.2, 0) is 0 Å². The van der Waals surface area contributed by atoms with Gasteiger partial charge in [0.1, 0.15) is 10.8 Å². The number of aryl methyl sites for hydroxylation is 1. The van der Waals surface area contributed by atoms with Gasteiger partial charge in [0.2, 0.25) is 5.88 Å². The number of hydrogen-bond acceptors (Lipinski definition) is 8. The van der Waals surface area contributed by atoms with Gasteiger partial charge in [-0.1, -0.05) is 12.1 Å². The number of methoxy groups -OCH3 is 1. The third-order valence-electron chi connectivity index (χ3n) is 3.98. The Morgan fingerprint density at radius 1 is 1.07 bits per heavy atom. The van der Waals surface area contributed by atoms with E-state index < -0.39 is 0 Å². The molecule has 3 aromatic heterocycles. The molecule has 2 N–H and O–H groups in total. The summed E-state index contributed by atoms with van der Waals surface area (Å²) in [6.07, 6.45) is 3.17. The van der Waals surface area contributed by atoms with Crippen LogP contribution >= 0.6 is 11.5 Å². The molecule has 1 aromatic carbocycles. The van der Waals surface area contributed by atoms with Gasteiger partial charge in [0.25, 0.3) is 5.91 Å². The highest BCUT2D eigenvalue weighted by Gasteiger charge is 2.19. The summed E-state index contributed by atoms with van der Waals surface area (Å²) in [5.74, 6) is 0.737. The van der Waals surface area contributed by atoms with E-state index >= 15 is 0 Å². The van der Waals surface area contributed by atoms with Gasteiger partial charge in [0.05, 0.1) is 47.5 Å². The molecule has 0 aliphatic heterocycles. The van der Waals surface area contributed by atoms with E-state index in [1.165, 1.54) is 24.8 Å². The number of para-hydroxylation sites is 2. The lowest BCUT2D eigenvalue weighted by Crippen LogP contribution is -2.14. The third-order valence-corrected chi connectivity index (χ3v) is 4.84. The highest BCUT2D eigenvalue weighted by atomic mass is 32.1. The molecule has 0 atom stereocenters. The Balaban J connectivity index is 1.58. The second kappa shape index (κ2) is 7.57. The van der Waals surface area contributed by atoms with Crippen LogP contribution in [0.5, 0.6) is 5.88 Å². The molecule has 1 amide bonds. The van der Waals surface area contributed by atoms with E-state index in [0.717, 1.165) is 11.0 Å². The summed E-state index contributed by atoms with van der Waals surface area (Å²) in [5.41, 5.74) is 3.21. The fraction of sp³-hybridized carbons (Fsp3) is 0.105. The molecule has 0 radical (unpaired) electrons. The molecule has 0 unspecified atom stereocenters. The number of anilines is 3. The minimum absolute atomic E-state index is 0.283. The first kappa shape index (κ1) is 17.8. The van der Waals surface area contributed by atoms with Crippen LogP contribution in [0.1, 0.15) is 16.1 Å². The molecule has 0 fully saturated rings. The number of nitrogens with one attached hydrogen (secondary N) is 2. The number of pyridine rings is 1. The Morgan fingerprint density at radius 3 is 2.64 bits per heavy atom. The predicted octanol–water partition coefficient (Wildman–Crippen LogP) is 3.79. The minimum Gasteiger partial charge on any atom is -0.481 e. The van der Waals surface area contributed by atoms with Gasteiger partial charge in [-0.15, -0.1) is 0 Å². The summed E-state index contributed by atoms with van der Waals surface area (Å²) in [5, 5.41) is 6.58. The Hall–Kier alpha value is -3.59. The quantitative estimate of drug-likeness (QED) is 0.533. The SMILES string of the molecule is COc1ccc(NC(=O)c2c(C)nsc2Nc2cnc3ccccc3n2)cn1. The Labute approximate surface area is 164 Å². The van der Waals surface area contributed by atoms with Gasteiger partial charge < -0.3 is 15.4 Å². The van der Waals surface area contributed by atoms with Gasteiger partial charge in [-0.05, 0) is 36.7 Å². The number of nitrogens with zero attached hydrogens (tertiary/aromatic N) is 4. The molecule has 0 spiro atoms. The predicted molar refractivity (Wildman–Crippen MR) is 108 cm³/mol. The van der Waals surface area contributed by atoms with Gasteiger partial charge in [0, 0.05) is 6.07 Å². The molecule has 0 saturated carbocycles. The largest absolute Gasteiger partial charge is 0.481 e. The topological polar surface area (TPSA) is 102 Å². The van der Waals surface area contributed by atoms with E-state index in [9.17, 15) is 4.79 Å². The normalized spacial score (nSPS) is 10.6. The van der Waals surface area contributed by atoms with Crippen molar-refractivity contribution < 1.29 is 9.53 Å². The van der Waals surface area contributed by atoms with E-state index in [2.05, 4.69) is 30.0 Å². The van der Waals surface area contributed by atoms with Crippen LogP contribution in [0.3, 0.4) is 0 Å². The molecule has 0 aliphatic carbocycles. The summed E-state index contributed by atoms with van der Waals surface area (Å²) in [6.45, 7) is 1.79. The van der Waals surface area contributed by atoms with Gasteiger partial charge in [-0.3, -0.25) is 9.78 Å². The zero-order chi connectivity index (χ0) is 19.5. The zero-order valence-electron chi connectivity index (χ0n) is 15.1. The summed E-state index contributed by atoms with van der Waals surface area (Å²) < 4.78 is 9.33. The van der Waals surface area contributed by atoms with E-state index in [-0.39, 0.29) is 5.91 Å². The number of carbonyl (C=O) groups is 1. The maximum Gasteiger partial charge on any atom is 0.260 e. The van der Waals surface area contributed by atoms with Crippen molar-refractivity contribution in [1.82, 2.24) is 19.3 Å². The second-order valence-corrected chi connectivity index (χ2v) is 6.66. The molecule has 0 aliphatic rings. The molecular formula is C19H16N6O2S. The molecule has 4 rings (SSSR count). The second-order valence-electron chi connectivity index (χ2n) is 5.88. The number of benzene rings is 1. The van der Waals surface area contributed by atoms with Crippen molar-refractivity contribution in [3.63, 3.8) is 0 Å². The van der Waals surface area contributed by atoms with Crippen LogP contribution in [0.4, 0.5) is 16.5 Å². The number of aromatic nitrogens is 4. The first-order valence-electron chi connectivity index (χ1n) is 8.40. The zero-order valence-corrected chi connectivity index (χ0v) is 15.9. The van der Waals surface area contributed by atoms with Crippen molar-refractivity contribution in [1.29, 1.82) is 0 Å². The number of amides is 1. The highest BCUT2D eigenvalue weighted by molar-refractivity contribution is 7.10. The minimum atomic E-state index is -0.283. The van der Waals surface area contributed by atoms with E-state index in [0.29, 0.717) is 33.6 Å². The smallest absolute Gasteiger partial charge is 0.260 e. The molecule has 140 valence electrons. The van der Waals surface area contributed by atoms with Gasteiger partial charge in [-0.25, -0.2) is 9.97 Å². The fourth-order valence-electron chi connectivity index (χ4n) is 2.62. The number of fused-ring (bicyclic) bond motifs is 1. The van der Waals surface area contributed by atoms with Gasteiger partial charge in [0.15, 0.2) is 0 Å². The number of carbonyl (C=O) groups excluding carboxylic acids is 1. The summed E-state index contributed by atoms with van der Waals surface area (Å²) in [4.78, 5) is 25.8. The highest BCUT2D eigenvalue weighted by Crippen LogP contribution is 2.28. The van der Waals surface area contributed by atoms with Crippen LogP contribution in [-0.4, -0.2) is 32.3 Å². The van der Waals surface area contributed by atoms with Crippen molar-refractivity contribution >= 4 is 45.0 Å². The lowest BCUT2D eigenvalue weighted by Gasteiger charge is -2.08. The molecule has 8 nitrogen and oxygen atoms in total. The summed E-state index contributed by atoms with van der Waals surface area (Å²) in [7, 11) is 1.54. The lowest BCUT2D eigenvalue weighted by molar-refractivity contribution is 0.102. The summed E-state index contributed by atoms with van der Waals surface area (Å²) in [6, 6.07) is 11.0. The average molecular weight is 392 g/mol. The summed E-state index contributed by atoms with van der Waals surface area (Å²) >= 11 is 1.20. The Kier molecular flexibility index (Phi) is 4.81. The standard InChI is InChI=1S/C19H16N6O2S/c1-11-17(18(26)22-12-7-8-16(27-2)21-9-12)19(28-25-11)24-15-10-20-13-5-3-4-6-14(13)23-15/h3-10H,1-2H3,(H,22,26)(H,23,24). The molecule has 28 heavy (non-hydrogen) atoms. The molecule has 3 heterocycles. The van der Waals surface area contributed by atoms with Crippen LogP contribution < -0.4 is 15.4 Å². The fourth-order valence-corrected chi connectivity index (χ4v) is 3.43. The molecule has 0 saturated heterocycles. The maximum atomic E-state index is 12.8. The van der Waals surface area contributed by atoms with E-state index in [4.69, 9.17) is 4.74 Å². The van der Waals surface area contributed by atoms with Crippen molar-refractivity contribution in [2.75, 3.05) is 17.7 Å². The third kappa shape index (κ3) is 3.60. The van der Waals surface area contributed by atoms with Gasteiger partial charge >= 0.3 is 0 Å². The van der Waals surface area contributed by atoms with Crippen molar-refractivity contribution in [3.05, 3.63) is 60.0 Å². The maximum absolute atomic E-state index is 12.8. The molecule has 0 bridgehead atoms. The number of ether oxygens (including phenoxy) is 1. The van der Waals surface area contributed by atoms with Crippen LogP contribution in [0.2, 0.25) is 0 Å². The van der Waals surface area contributed by atoms with Crippen LogP contribution in [0, 0.1) is 6.92 Å². The Bertz CT molecular complexity index is 1140. The monoisotopic (exact) mass is 392 g/mol. The molecule has 9 heteroatoms. The van der Waals surface area contributed by atoms with Crippen molar-refractivity contribution in [2.24, 2.45) is 0 Å². The Morgan fingerprint density at radius 2 is 1.89 bits per heavy atom. The molecule has 4 aromatic rings. The van der Waals surface area contributed by atoms with Crippen molar-refractivity contribution in [3.8, 4) is 5.88 Å². The average Bonchev–Trinajstić information content (AvgIpc) is 3.08. The number of rotatable bonds is 5. The number of hydrogen-bond donors (Lipinski definition) is 2. The van der Waals surface area contributed by atoms with Crippen molar-refractivity contribution in [2.45, 2.75) is 6.92 Å². The first-order chi connectivity index (χ1) is 13.6. The molecular weight excluding hydrogens is 376 g/mol. The van der Waals surface area contributed by atoms with Crippen LogP contribution in [0.25, 0.3) is 11.0 Å².